The summed E-state index contributed by atoms with van der Waals surface area (Å²) in [5, 5.41) is 31.2. The maximum atomic E-state index is 14.0. The van der Waals surface area contributed by atoms with Crippen molar-refractivity contribution in [3.05, 3.63) is 0 Å². The molecule has 2 aliphatic rings. The summed E-state index contributed by atoms with van der Waals surface area (Å²) in [6.45, 7) is 15.5. The van der Waals surface area contributed by atoms with Gasteiger partial charge < -0.3 is 30.1 Å². The second-order valence-corrected chi connectivity index (χ2v) is 17.4. The topological polar surface area (TPSA) is 249 Å². The number of rotatable bonds is 27. The van der Waals surface area contributed by atoms with Gasteiger partial charge in [0.2, 0.25) is 11.8 Å². The fourth-order valence-corrected chi connectivity index (χ4v) is 8.10. The van der Waals surface area contributed by atoms with Crippen LogP contribution in [0.15, 0.2) is 0 Å². The second kappa shape index (κ2) is 21.9. The molecule has 6 unspecified atom stereocenters. The van der Waals surface area contributed by atoms with Crippen molar-refractivity contribution in [3.8, 4) is 0 Å². The van der Waals surface area contributed by atoms with E-state index < -0.39 is 70.6 Å². The van der Waals surface area contributed by atoms with Gasteiger partial charge >= 0.3 is 11.9 Å². The Bertz CT molecular complexity index is 1530. The predicted molar refractivity (Wildman–Crippen MR) is 215 cm³/mol. The Balaban J connectivity index is 2.03. The van der Waals surface area contributed by atoms with Crippen molar-refractivity contribution >= 4 is 53.2 Å². The summed E-state index contributed by atoms with van der Waals surface area (Å²) in [5.74, 6) is -3.89. The van der Waals surface area contributed by atoms with Crippen LogP contribution in [0.2, 0.25) is 0 Å². The molecule has 0 aliphatic carbocycles. The largest absolute Gasteiger partial charge is 0.481 e. The van der Waals surface area contributed by atoms with E-state index in [1.165, 1.54) is 23.6 Å². The summed E-state index contributed by atoms with van der Waals surface area (Å²) < 4.78 is 0. The van der Waals surface area contributed by atoms with Crippen molar-refractivity contribution in [2.75, 3.05) is 19.6 Å². The Morgan fingerprint density at radius 3 is 1.71 bits per heavy atom. The average molecular weight is 821 g/mol. The van der Waals surface area contributed by atoms with E-state index in [1.54, 1.807) is 48.5 Å². The van der Waals surface area contributed by atoms with Crippen molar-refractivity contribution < 1.29 is 53.4 Å². The SMILES string of the molecule is CC(=O)N1CCCC1C(=O)C(C)NC(CCC(=O)O)C(=O)C(C)(C)NCCCCC(C=O)NC(C)(C)C(=O)C(CCC(=O)O)NC(C)(C)C(=O)C1CCCN1C(C)=O. The monoisotopic (exact) mass is 820 g/mol. The zero-order valence-electron chi connectivity index (χ0n) is 35.9. The zero-order chi connectivity index (χ0) is 44.2. The lowest BCUT2D eigenvalue weighted by atomic mass is 9.85. The van der Waals surface area contributed by atoms with Gasteiger partial charge in [-0.25, -0.2) is 0 Å². The molecule has 0 aromatic rings. The van der Waals surface area contributed by atoms with Gasteiger partial charge in [-0.2, -0.15) is 0 Å². The first kappa shape index (κ1) is 50.2. The highest BCUT2D eigenvalue weighted by Gasteiger charge is 2.44. The first-order valence-corrected chi connectivity index (χ1v) is 20.5. The van der Waals surface area contributed by atoms with Gasteiger partial charge in [-0.15, -0.1) is 0 Å². The molecule has 2 saturated heterocycles. The fraction of sp³-hybridized carbons (Fsp3) is 0.780. The Hall–Kier alpha value is -3.93. The number of Topliss-reactive ketones (excluding diaryl/α,β-unsaturated/α-hetero) is 4. The number of amides is 2. The van der Waals surface area contributed by atoms with Crippen LogP contribution < -0.4 is 21.3 Å². The maximum Gasteiger partial charge on any atom is 0.303 e. The van der Waals surface area contributed by atoms with Gasteiger partial charge in [0, 0.05) is 39.8 Å². The standard InChI is InChI=1S/C41H68N6O11/c1-25(35(55)31-15-12-22-46(31)26(2)49)43-29(17-19-33(51)52)36(56)39(4,5)42-21-11-10-14-28(24-48)44-40(6,7)37(57)30(18-20-34(53)54)45-41(8,9)38(58)32-16-13-23-47(32)27(3)50/h24-25,28-32,42-45H,10-23H2,1-9H3,(H,51,52)(H,53,54). The molecule has 6 atom stereocenters. The minimum absolute atomic E-state index is 0.0430. The number of unbranched alkanes of at least 4 members (excludes halogenated alkanes) is 1. The summed E-state index contributed by atoms with van der Waals surface area (Å²) in [5.41, 5.74) is -3.71. The molecule has 0 saturated carbocycles. The van der Waals surface area contributed by atoms with Crippen LogP contribution in [-0.2, 0) is 43.2 Å². The van der Waals surface area contributed by atoms with E-state index in [0.29, 0.717) is 70.9 Å². The molecular weight excluding hydrogens is 752 g/mol. The molecule has 0 aromatic carbocycles. The number of aldehydes is 1. The molecule has 17 heteroatoms. The van der Waals surface area contributed by atoms with Crippen molar-refractivity contribution in [2.45, 2.75) is 186 Å². The van der Waals surface area contributed by atoms with Crippen molar-refractivity contribution in [1.82, 2.24) is 31.1 Å². The van der Waals surface area contributed by atoms with Crippen molar-refractivity contribution in [3.63, 3.8) is 0 Å². The van der Waals surface area contributed by atoms with Crippen LogP contribution in [0, 0.1) is 0 Å². The number of hydrogen-bond donors (Lipinski definition) is 6. The number of nitrogens with one attached hydrogen (secondary N) is 4. The lowest BCUT2D eigenvalue weighted by Crippen LogP contribution is -2.64. The molecular formula is C41H68N6O11. The minimum Gasteiger partial charge on any atom is -0.481 e. The van der Waals surface area contributed by atoms with E-state index in [9.17, 15) is 53.4 Å². The number of ketones is 4. The Kier molecular flexibility index (Phi) is 19.0. The van der Waals surface area contributed by atoms with Gasteiger partial charge in [-0.3, -0.25) is 54.3 Å². The van der Waals surface area contributed by atoms with Gasteiger partial charge in [0.25, 0.3) is 0 Å². The fourth-order valence-electron chi connectivity index (χ4n) is 8.10. The molecule has 0 aromatic heterocycles. The zero-order valence-corrected chi connectivity index (χ0v) is 35.9. The molecule has 2 amide bonds. The third-order valence-corrected chi connectivity index (χ3v) is 11.4. The second-order valence-electron chi connectivity index (χ2n) is 17.4. The Morgan fingerprint density at radius 1 is 0.690 bits per heavy atom. The summed E-state index contributed by atoms with van der Waals surface area (Å²) >= 11 is 0. The van der Waals surface area contributed by atoms with E-state index in [1.807, 2.05) is 0 Å². The summed E-state index contributed by atoms with van der Waals surface area (Å²) in [4.78, 5) is 117. The molecule has 2 heterocycles. The third kappa shape index (κ3) is 14.4. The summed E-state index contributed by atoms with van der Waals surface area (Å²) in [6.07, 6.45) is 3.65. The number of hydrogen-bond acceptors (Lipinski definition) is 13. The third-order valence-electron chi connectivity index (χ3n) is 11.4. The quantitative estimate of drug-likeness (QED) is 0.0509. The molecule has 2 rings (SSSR count). The van der Waals surface area contributed by atoms with Gasteiger partial charge in [-0.05, 0) is 106 Å². The Morgan fingerprint density at radius 2 is 1.19 bits per heavy atom. The Labute approximate surface area is 342 Å². The highest BCUT2D eigenvalue weighted by Crippen LogP contribution is 2.25. The number of aliphatic carboxylic acids is 2. The van der Waals surface area contributed by atoms with E-state index in [-0.39, 0.29) is 54.8 Å². The maximum absolute atomic E-state index is 14.0. The van der Waals surface area contributed by atoms with Gasteiger partial charge in [0.05, 0.1) is 52.9 Å². The molecule has 6 N–H and O–H groups in total. The highest BCUT2D eigenvalue weighted by atomic mass is 16.4. The van der Waals surface area contributed by atoms with Crippen LogP contribution in [0.3, 0.4) is 0 Å². The molecule has 2 fully saturated rings. The molecule has 17 nitrogen and oxygen atoms in total. The summed E-state index contributed by atoms with van der Waals surface area (Å²) in [6, 6.07) is -4.84. The molecule has 0 radical (unpaired) electrons. The van der Waals surface area contributed by atoms with E-state index >= 15 is 0 Å². The normalized spacial score (nSPS) is 19.6. The van der Waals surface area contributed by atoms with Crippen LogP contribution in [0.25, 0.3) is 0 Å². The van der Waals surface area contributed by atoms with Gasteiger partial charge in [0.15, 0.2) is 23.1 Å². The van der Waals surface area contributed by atoms with Crippen molar-refractivity contribution in [1.29, 1.82) is 0 Å². The van der Waals surface area contributed by atoms with Crippen molar-refractivity contribution in [2.24, 2.45) is 0 Å². The average Bonchev–Trinajstić information content (AvgIpc) is 3.84. The number of carbonyl (C=O) groups is 9. The molecule has 0 bridgehead atoms. The number of likely N-dealkylation sites (tertiary alicyclic amines) is 2. The van der Waals surface area contributed by atoms with Crippen LogP contribution in [0.1, 0.15) is 133 Å². The number of carboxylic acids is 2. The summed E-state index contributed by atoms with van der Waals surface area (Å²) in [7, 11) is 0. The number of nitrogens with zero attached hydrogens (tertiary/aromatic N) is 2. The first-order valence-electron chi connectivity index (χ1n) is 20.5. The molecule has 2 aliphatic heterocycles. The van der Waals surface area contributed by atoms with Gasteiger partial charge in [-0.1, -0.05) is 6.42 Å². The van der Waals surface area contributed by atoms with E-state index in [4.69, 9.17) is 0 Å². The predicted octanol–water partition coefficient (Wildman–Crippen LogP) is 1.57. The van der Waals surface area contributed by atoms with E-state index in [0.717, 1.165) is 0 Å². The minimum atomic E-state index is -1.31. The highest BCUT2D eigenvalue weighted by molar-refractivity contribution is 5.98. The van der Waals surface area contributed by atoms with E-state index in [2.05, 4.69) is 21.3 Å². The van der Waals surface area contributed by atoms with Crippen LogP contribution in [0.4, 0.5) is 0 Å². The number of carbonyl (C=O) groups excluding carboxylic acids is 7. The molecule has 328 valence electrons. The van der Waals surface area contributed by atoms with Crippen LogP contribution in [-0.4, -0.2) is 146 Å². The lowest BCUT2D eigenvalue weighted by Gasteiger charge is -2.37. The smallest absolute Gasteiger partial charge is 0.303 e. The molecule has 58 heavy (non-hydrogen) atoms. The van der Waals surface area contributed by atoms with Crippen LogP contribution >= 0.6 is 0 Å². The van der Waals surface area contributed by atoms with Crippen LogP contribution in [0.5, 0.6) is 0 Å². The lowest BCUT2D eigenvalue weighted by molar-refractivity contribution is -0.140. The molecule has 0 spiro atoms. The first-order chi connectivity index (χ1) is 26.9. The van der Waals surface area contributed by atoms with Gasteiger partial charge in [0.1, 0.15) is 6.29 Å². The number of carboxylic acid groups (broad SMARTS) is 2.